The molecule has 1 aliphatic rings. The molecule has 5 rings (SSSR count). The van der Waals surface area contributed by atoms with Crippen LogP contribution in [0.25, 0.3) is 17.2 Å². The molecule has 9 nitrogen and oxygen atoms in total. The summed E-state index contributed by atoms with van der Waals surface area (Å²) in [6, 6.07) is 13.7. The van der Waals surface area contributed by atoms with E-state index in [0.29, 0.717) is 29.6 Å². The summed E-state index contributed by atoms with van der Waals surface area (Å²) >= 11 is 0. The fraction of sp³-hybridized carbons (Fsp3) is 0.269. The Bertz CT molecular complexity index is 1400. The number of amides is 1. The van der Waals surface area contributed by atoms with Gasteiger partial charge < -0.3 is 14.8 Å². The summed E-state index contributed by atoms with van der Waals surface area (Å²) < 4.78 is 13.0. The van der Waals surface area contributed by atoms with Gasteiger partial charge in [-0.15, -0.1) is 5.10 Å². The van der Waals surface area contributed by atoms with E-state index in [2.05, 4.69) is 15.5 Å². The van der Waals surface area contributed by atoms with Crippen LogP contribution in [-0.2, 0) is 4.79 Å². The van der Waals surface area contributed by atoms with E-state index in [4.69, 9.17) is 19.6 Å². The second-order valence-electron chi connectivity index (χ2n) is 8.38. The number of anilines is 1. The smallest absolute Gasteiger partial charge is 0.272 e. The number of methoxy groups -OCH3 is 1. The third-order valence-electron chi connectivity index (χ3n) is 6.08. The largest absolute Gasteiger partial charge is 0.493 e. The van der Waals surface area contributed by atoms with Crippen LogP contribution in [0, 0.1) is 13.8 Å². The molecule has 178 valence electrons. The average molecular weight is 471 g/mol. The lowest BCUT2D eigenvalue weighted by molar-refractivity contribution is -0.116. The highest BCUT2D eigenvalue weighted by Gasteiger charge is 2.35. The SMILES string of the molecule is CCOc1c(OC)cccc1C1CC(=O)Nc2c1c(C)nn2-c1nncc(-c2ccc(C)cc2)n1. The van der Waals surface area contributed by atoms with Crippen molar-refractivity contribution in [2.24, 2.45) is 0 Å². The quantitative estimate of drug-likeness (QED) is 0.450. The number of aromatic nitrogens is 5. The summed E-state index contributed by atoms with van der Waals surface area (Å²) in [5, 5.41) is 16.0. The van der Waals surface area contributed by atoms with Crippen LogP contribution in [0.2, 0.25) is 0 Å². The summed E-state index contributed by atoms with van der Waals surface area (Å²) in [5.74, 6) is 1.68. The molecule has 0 saturated carbocycles. The fourth-order valence-corrected chi connectivity index (χ4v) is 4.47. The van der Waals surface area contributed by atoms with Gasteiger partial charge in [-0.25, -0.2) is 4.98 Å². The number of fused-ring (bicyclic) bond motifs is 1. The molecule has 3 heterocycles. The molecule has 1 N–H and O–H groups in total. The monoisotopic (exact) mass is 470 g/mol. The molecular formula is C26H26N6O3. The maximum absolute atomic E-state index is 12.9. The van der Waals surface area contributed by atoms with Crippen LogP contribution in [0.1, 0.15) is 41.6 Å². The zero-order valence-electron chi connectivity index (χ0n) is 20.1. The number of carbonyl (C=O) groups excluding carboxylic acids is 1. The Labute approximate surface area is 203 Å². The van der Waals surface area contributed by atoms with Crippen molar-refractivity contribution >= 4 is 11.7 Å². The van der Waals surface area contributed by atoms with Gasteiger partial charge in [-0.1, -0.05) is 42.0 Å². The summed E-state index contributed by atoms with van der Waals surface area (Å²) in [4.78, 5) is 17.6. The topological polar surface area (TPSA) is 104 Å². The first-order valence-electron chi connectivity index (χ1n) is 11.5. The van der Waals surface area contributed by atoms with E-state index >= 15 is 0 Å². The molecule has 4 aromatic rings. The van der Waals surface area contributed by atoms with E-state index < -0.39 is 0 Å². The number of ether oxygens (including phenoxy) is 2. The zero-order valence-corrected chi connectivity index (χ0v) is 20.1. The molecule has 1 aliphatic heterocycles. The van der Waals surface area contributed by atoms with Gasteiger partial charge in [0, 0.05) is 29.0 Å². The van der Waals surface area contributed by atoms with Gasteiger partial charge in [0.2, 0.25) is 5.91 Å². The molecule has 0 radical (unpaired) electrons. The van der Waals surface area contributed by atoms with Gasteiger partial charge in [0.1, 0.15) is 5.82 Å². The summed E-state index contributed by atoms with van der Waals surface area (Å²) in [6.07, 6.45) is 1.87. The second-order valence-corrected chi connectivity index (χ2v) is 8.38. The van der Waals surface area contributed by atoms with Gasteiger partial charge in [0.05, 0.1) is 31.3 Å². The van der Waals surface area contributed by atoms with Gasteiger partial charge in [-0.3, -0.25) is 4.79 Å². The van der Waals surface area contributed by atoms with Crippen molar-refractivity contribution in [2.45, 2.75) is 33.1 Å². The minimum Gasteiger partial charge on any atom is -0.493 e. The minimum absolute atomic E-state index is 0.128. The average Bonchev–Trinajstić information content (AvgIpc) is 3.20. The molecule has 35 heavy (non-hydrogen) atoms. The van der Waals surface area contributed by atoms with Crippen LogP contribution in [0.15, 0.2) is 48.7 Å². The van der Waals surface area contributed by atoms with Crippen molar-refractivity contribution in [1.82, 2.24) is 25.0 Å². The van der Waals surface area contributed by atoms with E-state index in [1.165, 1.54) is 0 Å². The predicted molar refractivity (Wildman–Crippen MR) is 131 cm³/mol. The molecular weight excluding hydrogens is 444 g/mol. The Balaban J connectivity index is 1.63. The highest BCUT2D eigenvalue weighted by Crippen LogP contribution is 2.45. The number of hydrogen-bond acceptors (Lipinski definition) is 7. The molecule has 0 saturated heterocycles. The van der Waals surface area contributed by atoms with Gasteiger partial charge in [-0.2, -0.15) is 14.9 Å². The maximum atomic E-state index is 12.9. The Kier molecular flexibility index (Phi) is 5.90. The van der Waals surface area contributed by atoms with Crippen LogP contribution in [0.4, 0.5) is 5.82 Å². The number of rotatable bonds is 6. The van der Waals surface area contributed by atoms with Gasteiger partial charge in [0.15, 0.2) is 11.5 Å². The van der Waals surface area contributed by atoms with Gasteiger partial charge in [0.25, 0.3) is 5.95 Å². The van der Waals surface area contributed by atoms with Gasteiger partial charge >= 0.3 is 0 Å². The van der Waals surface area contributed by atoms with Crippen LogP contribution in [-0.4, -0.2) is 44.6 Å². The lowest BCUT2D eigenvalue weighted by Crippen LogP contribution is -2.25. The number of aryl methyl sites for hydroxylation is 2. The van der Waals surface area contributed by atoms with Crippen molar-refractivity contribution in [1.29, 1.82) is 0 Å². The molecule has 1 amide bonds. The van der Waals surface area contributed by atoms with E-state index in [1.807, 2.05) is 63.2 Å². The number of carbonyl (C=O) groups is 1. The van der Waals surface area contributed by atoms with Crippen molar-refractivity contribution in [3.8, 4) is 28.7 Å². The normalized spacial score (nSPS) is 14.9. The molecule has 2 aromatic heterocycles. The molecule has 2 aromatic carbocycles. The van der Waals surface area contributed by atoms with E-state index in [0.717, 1.165) is 27.9 Å². The number of nitrogens with zero attached hydrogens (tertiary/aromatic N) is 5. The van der Waals surface area contributed by atoms with Crippen LogP contribution >= 0.6 is 0 Å². The first-order valence-corrected chi connectivity index (χ1v) is 11.5. The number of benzene rings is 2. The Morgan fingerprint density at radius 2 is 1.94 bits per heavy atom. The Morgan fingerprint density at radius 3 is 2.69 bits per heavy atom. The molecule has 1 unspecified atom stereocenters. The molecule has 0 bridgehead atoms. The summed E-state index contributed by atoms with van der Waals surface area (Å²) in [6.45, 7) is 6.34. The minimum atomic E-state index is -0.266. The fourth-order valence-electron chi connectivity index (χ4n) is 4.47. The van der Waals surface area contributed by atoms with E-state index in [1.54, 1.807) is 18.0 Å². The lowest BCUT2D eigenvalue weighted by atomic mass is 9.85. The summed E-state index contributed by atoms with van der Waals surface area (Å²) in [7, 11) is 1.61. The van der Waals surface area contributed by atoms with Crippen molar-refractivity contribution in [3.05, 3.63) is 71.0 Å². The Morgan fingerprint density at radius 1 is 1.14 bits per heavy atom. The molecule has 1 atom stereocenters. The first kappa shape index (κ1) is 22.5. The molecule has 0 fully saturated rings. The molecule has 0 spiro atoms. The van der Waals surface area contributed by atoms with Crippen LogP contribution in [0.5, 0.6) is 11.5 Å². The van der Waals surface area contributed by atoms with Crippen LogP contribution in [0.3, 0.4) is 0 Å². The highest BCUT2D eigenvalue weighted by molar-refractivity contribution is 5.95. The predicted octanol–water partition coefficient (Wildman–Crippen LogP) is 4.22. The maximum Gasteiger partial charge on any atom is 0.272 e. The van der Waals surface area contributed by atoms with E-state index in [-0.39, 0.29) is 24.2 Å². The third kappa shape index (κ3) is 4.09. The van der Waals surface area contributed by atoms with E-state index in [9.17, 15) is 4.79 Å². The zero-order chi connectivity index (χ0) is 24.5. The molecule has 0 aliphatic carbocycles. The standard InChI is InChI=1S/C26H26N6O3/c1-5-35-24-18(7-6-8-21(24)34-4)19-13-22(33)29-25-23(19)16(3)31-32(25)26-28-20(14-27-30-26)17-11-9-15(2)10-12-17/h6-12,14,19H,5,13H2,1-4H3,(H,29,33). The lowest BCUT2D eigenvalue weighted by Gasteiger charge is -2.26. The molecule has 9 heteroatoms. The van der Waals surface area contributed by atoms with Crippen LogP contribution < -0.4 is 14.8 Å². The highest BCUT2D eigenvalue weighted by atomic mass is 16.5. The second kappa shape index (κ2) is 9.17. The Hall–Kier alpha value is -4.27. The van der Waals surface area contributed by atoms with Crippen molar-refractivity contribution in [3.63, 3.8) is 0 Å². The van der Waals surface area contributed by atoms with Crippen molar-refractivity contribution < 1.29 is 14.3 Å². The van der Waals surface area contributed by atoms with Crippen molar-refractivity contribution in [2.75, 3.05) is 19.0 Å². The first-order chi connectivity index (χ1) is 17.0. The number of nitrogens with one attached hydrogen (secondary N) is 1. The van der Waals surface area contributed by atoms with Gasteiger partial charge in [-0.05, 0) is 26.8 Å². The number of para-hydroxylation sites is 1. The third-order valence-corrected chi connectivity index (χ3v) is 6.08. The number of hydrogen-bond donors (Lipinski definition) is 1. The summed E-state index contributed by atoms with van der Waals surface area (Å²) in [5.41, 5.74) is 5.27.